The lowest BCUT2D eigenvalue weighted by molar-refractivity contribution is -0.119. The molecule has 2 aliphatic carbocycles. The van der Waals surface area contributed by atoms with Crippen LogP contribution in [0.1, 0.15) is 71.8 Å². The summed E-state index contributed by atoms with van der Waals surface area (Å²) in [6.45, 7) is 15.6. The Kier molecular flexibility index (Phi) is 6.80. The first kappa shape index (κ1) is 25.4. The van der Waals surface area contributed by atoms with Gasteiger partial charge in [-0.05, 0) is 80.2 Å². The molecule has 4 nitrogen and oxygen atoms in total. The average Bonchev–Trinajstić information content (AvgIpc) is 2.70. The molecule has 0 saturated heterocycles. The molecule has 0 amide bonds. The van der Waals surface area contributed by atoms with Crippen LogP contribution in [0.15, 0.2) is 56.3 Å². The Morgan fingerprint density at radius 2 is 1.44 bits per heavy atom. The van der Waals surface area contributed by atoms with Crippen molar-refractivity contribution in [1.82, 2.24) is 4.90 Å². The Hall–Kier alpha value is -1.66. The minimum atomic E-state index is -0.360. The highest BCUT2D eigenvalue weighted by molar-refractivity contribution is 9.11. The normalized spacial score (nSPS) is 22.0. The fraction of sp³-hybridized carbons (Fsp3) is 0.500. The van der Waals surface area contributed by atoms with Gasteiger partial charge in [0, 0.05) is 47.8 Å². The van der Waals surface area contributed by atoms with Crippen molar-refractivity contribution in [2.24, 2.45) is 10.8 Å². The van der Waals surface area contributed by atoms with Crippen molar-refractivity contribution < 1.29 is 14.3 Å². The highest BCUT2D eigenvalue weighted by atomic mass is 79.9. The van der Waals surface area contributed by atoms with Crippen LogP contribution >= 0.6 is 31.9 Å². The number of carbonyl (C=O) groups is 2. The molecule has 182 valence electrons. The second-order valence-electron chi connectivity index (χ2n) is 11.2. The van der Waals surface area contributed by atoms with Gasteiger partial charge in [0.1, 0.15) is 12.4 Å². The summed E-state index contributed by atoms with van der Waals surface area (Å²) in [5.74, 6) is 0.627. The molecule has 6 heteroatoms. The molecular formula is C28H33Br2NO3. The molecule has 1 aromatic carbocycles. The lowest BCUT2D eigenvalue weighted by atomic mass is 9.63. The van der Waals surface area contributed by atoms with Crippen LogP contribution in [0.5, 0.6) is 5.75 Å². The molecule has 0 bridgehead atoms. The van der Waals surface area contributed by atoms with Crippen molar-refractivity contribution in [2.45, 2.75) is 66.2 Å². The van der Waals surface area contributed by atoms with Crippen LogP contribution in [-0.2, 0) is 9.59 Å². The summed E-state index contributed by atoms with van der Waals surface area (Å²) in [5.41, 5.74) is 4.50. The SMILES string of the molecule is C=CCOc1c(Br)cc(C2C3=C(CC(C)(C)CC3=O)N(CC)C3=C2C(=O)CC(C)(C)C3)cc1Br. The summed E-state index contributed by atoms with van der Waals surface area (Å²) in [6, 6.07) is 4.01. The maximum atomic E-state index is 13.7. The van der Waals surface area contributed by atoms with Gasteiger partial charge in [0.2, 0.25) is 0 Å². The molecule has 0 atom stereocenters. The maximum Gasteiger partial charge on any atom is 0.162 e. The van der Waals surface area contributed by atoms with Gasteiger partial charge in [-0.25, -0.2) is 0 Å². The first-order valence-electron chi connectivity index (χ1n) is 11.9. The monoisotopic (exact) mass is 589 g/mol. The third kappa shape index (κ3) is 4.48. The Morgan fingerprint density at radius 1 is 0.971 bits per heavy atom. The molecule has 0 aromatic heterocycles. The number of hydrogen-bond acceptors (Lipinski definition) is 4. The highest BCUT2D eigenvalue weighted by Gasteiger charge is 2.48. The number of halogens is 2. The van der Waals surface area contributed by atoms with Gasteiger partial charge in [-0.1, -0.05) is 40.3 Å². The topological polar surface area (TPSA) is 46.6 Å². The van der Waals surface area contributed by atoms with Crippen LogP contribution in [0.2, 0.25) is 0 Å². The quantitative estimate of drug-likeness (QED) is 0.333. The summed E-state index contributed by atoms with van der Waals surface area (Å²) in [7, 11) is 0. The van der Waals surface area contributed by atoms with Gasteiger partial charge in [0.25, 0.3) is 0 Å². The van der Waals surface area contributed by atoms with Crippen LogP contribution in [-0.4, -0.2) is 29.6 Å². The van der Waals surface area contributed by atoms with Gasteiger partial charge in [0.05, 0.1) is 8.95 Å². The smallest absolute Gasteiger partial charge is 0.162 e. The second-order valence-corrected chi connectivity index (χ2v) is 12.9. The molecule has 0 radical (unpaired) electrons. The standard InChI is InChI=1S/C28H33Br2NO3/c1-7-9-34-26-17(29)10-16(11-18(26)30)23-24-19(12-27(3,4)14-21(24)32)31(8-2)20-13-28(5,6)15-22(33)25(20)23/h7,10-11,23H,1,8-9,12-15H2,2-6H3. The van der Waals surface area contributed by atoms with Crippen LogP contribution < -0.4 is 4.74 Å². The summed E-state index contributed by atoms with van der Waals surface area (Å²) < 4.78 is 7.40. The van der Waals surface area contributed by atoms with Gasteiger partial charge >= 0.3 is 0 Å². The molecule has 1 aliphatic heterocycles. The number of ether oxygens (including phenoxy) is 1. The molecule has 3 aliphatic rings. The van der Waals surface area contributed by atoms with Crippen molar-refractivity contribution in [3.8, 4) is 5.75 Å². The Morgan fingerprint density at radius 3 is 1.85 bits per heavy atom. The van der Waals surface area contributed by atoms with Gasteiger partial charge in [-0.3, -0.25) is 9.59 Å². The zero-order valence-electron chi connectivity index (χ0n) is 20.7. The van der Waals surface area contributed by atoms with E-state index in [2.05, 4.69) is 78.0 Å². The van der Waals surface area contributed by atoms with E-state index in [-0.39, 0.29) is 28.3 Å². The van der Waals surface area contributed by atoms with E-state index in [4.69, 9.17) is 4.74 Å². The largest absolute Gasteiger partial charge is 0.487 e. The Bertz CT molecular complexity index is 1070. The number of ketones is 2. The fourth-order valence-corrected chi connectivity index (χ4v) is 7.24. The number of rotatable bonds is 5. The van der Waals surface area contributed by atoms with E-state index >= 15 is 0 Å². The third-order valence-corrected chi connectivity index (χ3v) is 8.22. The summed E-state index contributed by atoms with van der Waals surface area (Å²) in [4.78, 5) is 29.7. The molecule has 0 saturated carbocycles. The van der Waals surface area contributed by atoms with Crippen molar-refractivity contribution in [1.29, 1.82) is 0 Å². The van der Waals surface area contributed by atoms with Gasteiger partial charge < -0.3 is 9.64 Å². The second kappa shape index (κ2) is 9.09. The Labute approximate surface area is 219 Å². The van der Waals surface area contributed by atoms with Crippen molar-refractivity contribution in [3.63, 3.8) is 0 Å². The van der Waals surface area contributed by atoms with E-state index in [0.717, 1.165) is 56.4 Å². The van der Waals surface area contributed by atoms with Gasteiger partial charge in [-0.15, -0.1) is 0 Å². The molecule has 1 aromatic rings. The molecule has 0 N–H and O–H groups in total. The first-order valence-corrected chi connectivity index (χ1v) is 13.5. The van der Waals surface area contributed by atoms with E-state index < -0.39 is 0 Å². The van der Waals surface area contributed by atoms with Crippen molar-refractivity contribution in [2.75, 3.05) is 13.2 Å². The lowest BCUT2D eigenvalue weighted by Gasteiger charge is -2.49. The molecule has 0 unspecified atom stereocenters. The summed E-state index contributed by atoms with van der Waals surface area (Å²) in [6.07, 6.45) is 4.34. The molecular weight excluding hydrogens is 558 g/mol. The van der Waals surface area contributed by atoms with E-state index in [1.807, 2.05) is 12.1 Å². The molecule has 0 fully saturated rings. The molecule has 1 heterocycles. The minimum Gasteiger partial charge on any atom is -0.487 e. The number of benzene rings is 1. The van der Waals surface area contributed by atoms with Crippen LogP contribution in [0.3, 0.4) is 0 Å². The lowest BCUT2D eigenvalue weighted by Crippen LogP contribution is -2.44. The summed E-state index contributed by atoms with van der Waals surface area (Å²) in [5, 5.41) is 0. The number of nitrogens with zero attached hydrogens (tertiary/aromatic N) is 1. The number of hydrogen-bond donors (Lipinski definition) is 0. The number of allylic oxidation sites excluding steroid dienone is 4. The minimum absolute atomic E-state index is 0.107. The fourth-order valence-electron chi connectivity index (χ4n) is 5.79. The summed E-state index contributed by atoms with van der Waals surface area (Å²) >= 11 is 7.32. The molecule has 4 rings (SSSR count). The maximum absolute atomic E-state index is 13.7. The van der Waals surface area contributed by atoms with E-state index in [9.17, 15) is 9.59 Å². The van der Waals surface area contributed by atoms with Crippen LogP contribution in [0.4, 0.5) is 0 Å². The van der Waals surface area contributed by atoms with E-state index in [1.165, 1.54) is 0 Å². The highest BCUT2D eigenvalue weighted by Crippen LogP contribution is 2.55. The van der Waals surface area contributed by atoms with Crippen LogP contribution in [0, 0.1) is 10.8 Å². The van der Waals surface area contributed by atoms with Gasteiger partial charge in [-0.2, -0.15) is 0 Å². The zero-order chi connectivity index (χ0) is 25.0. The number of carbonyl (C=O) groups excluding carboxylic acids is 2. The predicted octanol–water partition coefficient (Wildman–Crippen LogP) is 7.48. The van der Waals surface area contributed by atoms with E-state index in [0.29, 0.717) is 25.2 Å². The van der Waals surface area contributed by atoms with Crippen LogP contribution in [0.25, 0.3) is 0 Å². The third-order valence-electron chi connectivity index (χ3n) is 7.04. The average molecular weight is 591 g/mol. The van der Waals surface area contributed by atoms with Crippen molar-refractivity contribution >= 4 is 43.4 Å². The zero-order valence-corrected chi connectivity index (χ0v) is 23.9. The predicted molar refractivity (Wildman–Crippen MR) is 143 cm³/mol. The van der Waals surface area contributed by atoms with E-state index in [1.54, 1.807) is 6.08 Å². The molecule has 0 spiro atoms. The van der Waals surface area contributed by atoms with Gasteiger partial charge in [0.15, 0.2) is 11.6 Å². The number of Topliss-reactive ketones (excluding diaryl/α,β-unsaturated/α-hetero) is 2. The first-order chi connectivity index (χ1) is 15.9. The van der Waals surface area contributed by atoms with Crippen molar-refractivity contribution in [3.05, 3.63) is 61.8 Å². The molecule has 34 heavy (non-hydrogen) atoms. The Balaban J connectivity index is 1.97.